The minimum Gasteiger partial charge on any atom is -0.487 e. The van der Waals surface area contributed by atoms with E-state index in [1.165, 1.54) is 11.1 Å². The predicted molar refractivity (Wildman–Crippen MR) is 86.9 cm³/mol. The van der Waals surface area contributed by atoms with Gasteiger partial charge in [-0.3, -0.25) is 0 Å². The van der Waals surface area contributed by atoms with E-state index in [9.17, 15) is 0 Å². The average Bonchev–Trinajstić information content (AvgIpc) is 2.70. The van der Waals surface area contributed by atoms with Gasteiger partial charge in [-0.25, -0.2) is 0 Å². The quantitative estimate of drug-likeness (QED) is 0.741. The minimum absolute atomic E-state index is 0.0508. The van der Waals surface area contributed by atoms with Crippen molar-refractivity contribution in [2.75, 3.05) is 13.2 Å². The fourth-order valence-electron chi connectivity index (χ4n) is 2.68. The van der Waals surface area contributed by atoms with E-state index in [1.807, 2.05) is 0 Å². The summed E-state index contributed by atoms with van der Waals surface area (Å²) in [6.45, 7) is 11.3. The van der Waals surface area contributed by atoms with Gasteiger partial charge in [0.2, 0.25) is 0 Å². The summed E-state index contributed by atoms with van der Waals surface area (Å²) in [5, 5.41) is 3.51. The standard InChI is InChI=1S/C18H29NO2/c1-14(2)20-10-6-5-9-19-13-15-7-8-17-16(11-15)12-18(3,4)21-17/h7-8,11,14,19H,5-6,9-10,12-13H2,1-4H3. The molecule has 0 atom stereocenters. The maximum Gasteiger partial charge on any atom is 0.123 e. The number of benzene rings is 1. The van der Waals surface area contributed by atoms with Crippen molar-refractivity contribution < 1.29 is 9.47 Å². The molecule has 0 amide bonds. The van der Waals surface area contributed by atoms with E-state index in [2.05, 4.69) is 51.2 Å². The normalized spacial score (nSPS) is 16.0. The van der Waals surface area contributed by atoms with Crippen LogP contribution in [0, 0.1) is 0 Å². The second-order valence-electron chi connectivity index (χ2n) is 6.78. The topological polar surface area (TPSA) is 30.5 Å². The molecule has 0 unspecified atom stereocenters. The van der Waals surface area contributed by atoms with Crippen molar-refractivity contribution in [1.29, 1.82) is 0 Å². The van der Waals surface area contributed by atoms with Gasteiger partial charge in [-0.2, -0.15) is 0 Å². The van der Waals surface area contributed by atoms with Gasteiger partial charge in [0.1, 0.15) is 11.4 Å². The third kappa shape index (κ3) is 5.33. The Morgan fingerprint density at radius 2 is 2.10 bits per heavy atom. The molecule has 0 radical (unpaired) electrons. The monoisotopic (exact) mass is 291 g/mol. The molecule has 0 fully saturated rings. The molecule has 0 bridgehead atoms. The van der Waals surface area contributed by atoms with Gasteiger partial charge in [-0.05, 0) is 64.3 Å². The smallest absolute Gasteiger partial charge is 0.123 e. The van der Waals surface area contributed by atoms with E-state index >= 15 is 0 Å². The summed E-state index contributed by atoms with van der Waals surface area (Å²) in [6.07, 6.45) is 3.63. The number of hydrogen-bond donors (Lipinski definition) is 1. The Morgan fingerprint density at radius 1 is 1.29 bits per heavy atom. The van der Waals surface area contributed by atoms with Crippen molar-refractivity contribution in [2.45, 2.75) is 65.2 Å². The second-order valence-corrected chi connectivity index (χ2v) is 6.78. The Kier molecular flexibility index (Phi) is 5.65. The van der Waals surface area contributed by atoms with Gasteiger partial charge in [-0.15, -0.1) is 0 Å². The first-order valence-electron chi connectivity index (χ1n) is 8.09. The van der Waals surface area contributed by atoms with Crippen molar-refractivity contribution in [3.8, 4) is 5.75 Å². The molecule has 1 aromatic carbocycles. The number of nitrogens with one attached hydrogen (secondary N) is 1. The first-order valence-corrected chi connectivity index (χ1v) is 8.09. The molecule has 1 heterocycles. The van der Waals surface area contributed by atoms with E-state index in [1.54, 1.807) is 0 Å². The van der Waals surface area contributed by atoms with Crippen LogP contribution < -0.4 is 10.1 Å². The summed E-state index contributed by atoms with van der Waals surface area (Å²) >= 11 is 0. The van der Waals surface area contributed by atoms with Crippen LogP contribution >= 0.6 is 0 Å². The molecule has 3 heteroatoms. The third-order valence-corrected chi connectivity index (χ3v) is 3.66. The van der Waals surface area contributed by atoms with Crippen molar-refractivity contribution in [1.82, 2.24) is 5.32 Å². The van der Waals surface area contributed by atoms with Crippen LogP contribution in [0.2, 0.25) is 0 Å². The number of hydrogen-bond acceptors (Lipinski definition) is 3. The van der Waals surface area contributed by atoms with E-state index in [4.69, 9.17) is 9.47 Å². The van der Waals surface area contributed by atoms with Gasteiger partial charge in [0.05, 0.1) is 6.10 Å². The van der Waals surface area contributed by atoms with Gasteiger partial charge in [0, 0.05) is 19.6 Å². The Morgan fingerprint density at radius 3 is 2.86 bits per heavy atom. The fourth-order valence-corrected chi connectivity index (χ4v) is 2.68. The maximum absolute atomic E-state index is 5.90. The first kappa shape index (κ1) is 16.3. The number of unbranched alkanes of at least 4 members (excludes halogenated alkanes) is 1. The van der Waals surface area contributed by atoms with Crippen molar-refractivity contribution >= 4 is 0 Å². The van der Waals surface area contributed by atoms with Crippen molar-refractivity contribution in [3.63, 3.8) is 0 Å². The van der Waals surface area contributed by atoms with Gasteiger partial charge >= 0.3 is 0 Å². The number of ether oxygens (including phenoxy) is 2. The Hall–Kier alpha value is -1.06. The summed E-state index contributed by atoms with van der Waals surface area (Å²) in [7, 11) is 0. The van der Waals surface area contributed by atoms with Gasteiger partial charge in [0.25, 0.3) is 0 Å². The first-order chi connectivity index (χ1) is 9.96. The van der Waals surface area contributed by atoms with Gasteiger partial charge in [0.15, 0.2) is 0 Å². The lowest BCUT2D eigenvalue weighted by molar-refractivity contribution is 0.0760. The molecule has 21 heavy (non-hydrogen) atoms. The lowest BCUT2D eigenvalue weighted by atomic mass is 10.0. The highest BCUT2D eigenvalue weighted by Crippen LogP contribution is 2.35. The van der Waals surface area contributed by atoms with E-state index in [0.717, 1.165) is 44.7 Å². The molecular formula is C18H29NO2. The average molecular weight is 291 g/mol. The highest BCUT2D eigenvalue weighted by Gasteiger charge is 2.29. The Labute approximate surface area is 129 Å². The number of rotatable bonds is 8. The molecule has 0 aliphatic carbocycles. The van der Waals surface area contributed by atoms with Crippen LogP contribution in [0.5, 0.6) is 5.75 Å². The zero-order chi connectivity index (χ0) is 15.3. The van der Waals surface area contributed by atoms with Crippen LogP contribution in [-0.4, -0.2) is 24.9 Å². The molecule has 0 saturated carbocycles. The van der Waals surface area contributed by atoms with Crippen molar-refractivity contribution in [2.24, 2.45) is 0 Å². The molecule has 1 aliphatic heterocycles. The summed E-state index contributed by atoms with van der Waals surface area (Å²) in [5.41, 5.74) is 2.63. The summed E-state index contributed by atoms with van der Waals surface area (Å²) in [4.78, 5) is 0. The number of fused-ring (bicyclic) bond motifs is 1. The molecular weight excluding hydrogens is 262 g/mol. The second kappa shape index (κ2) is 7.28. The van der Waals surface area contributed by atoms with Crippen LogP contribution in [0.3, 0.4) is 0 Å². The molecule has 1 aromatic rings. The van der Waals surface area contributed by atoms with E-state index < -0.39 is 0 Å². The van der Waals surface area contributed by atoms with Gasteiger partial charge in [-0.1, -0.05) is 12.1 Å². The van der Waals surface area contributed by atoms with Crippen LogP contribution in [-0.2, 0) is 17.7 Å². The summed E-state index contributed by atoms with van der Waals surface area (Å²) < 4.78 is 11.4. The molecule has 1 N–H and O–H groups in total. The lowest BCUT2D eigenvalue weighted by Crippen LogP contribution is -2.24. The Balaban J connectivity index is 1.66. The van der Waals surface area contributed by atoms with Crippen LogP contribution in [0.1, 0.15) is 51.7 Å². The molecule has 2 rings (SSSR count). The largest absolute Gasteiger partial charge is 0.487 e. The molecule has 0 spiro atoms. The Bertz CT molecular complexity index is 455. The highest BCUT2D eigenvalue weighted by atomic mass is 16.5. The SMILES string of the molecule is CC(C)OCCCCNCc1ccc2c(c1)CC(C)(C)O2. The summed E-state index contributed by atoms with van der Waals surface area (Å²) in [6, 6.07) is 6.55. The zero-order valence-corrected chi connectivity index (χ0v) is 13.9. The molecule has 0 saturated heterocycles. The van der Waals surface area contributed by atoms with Crippen LogP contribution in [0.25, 0.3) is 0 Å². The molecule has 118 valence electrons. The highest BCUT2D eigenvalue weighted by molar-refractivity contribution is 5.41. The van der Waals surface area contributed by atoms with Crippen molar-refractivity contribution in [3.05, 3.63) is 29.3 Å². The molecule has 0 aromatic heterocycles. The van der Waals surface area contributed by atoms with E-state index in [-0.39, 0.29) is 5.60 Å². The van der Waals surface area contributed by atoms with E-state index in [0.29, 0.717) is 6.10 Å². The van der Waals surface area contributed by atoms with Crippen LogP contribution in [0.15, 0.2) is 18.2 Å². The third-order valence-electron chi connectivity index (χ3n) is 3.66. The predicted octanol–water partition coefficient (Wildman–Crippen LogP) is 3.69. The minimum atomic E-state index is -0.0508. The maximum atomic E-state index is 5.90. The lowest BCUT2D eigenvalue weighted by Gasteiger charge is -2.16. The zero-order valence-electron chi connectivity index (χ0n) is 13.9. The summed E-state index contributed by atoms with van der Waals surface area (Å²) in [5.74, 6) is 1.05. The van der Waals surface area contributed by atoms with Gasteiger partial charge < -0.3 is 14.8 Å². The molecule has 1 aliphatic rings. The fraction of sp³-hybridized carbons (Fsp3) is 0.667. The molecule has 3 nitrogen and oxygen atoms in total. The van der Waals surface area contributed by atoms with Crippen LogP contribution in [0.4, 0.5) is 0 Å².